The van der Waals surface area contributed by atoms with Crippen molar-refractivity contribution in [3.05, 3.63) is 70.7 Å². The van der Waals surface area contributed by atoms with Gasteiger partial charge >= 0.3 is 6.03 Å². The molecule has 3 amide bonds. The first-order valence-electron chi connectivity index (χ1n) is 8.75. The summed E-state index contributed by atoms with van der Waals surface area (Å²) in [6.45, 7) is 2.75. The molecule has 1 N–H and O–H groups in total. The zero-order chi connectivity index (χ0) is 18.4. The molecule has 1 aliphatic rings. The summed E-state index contributed by atoms with van der Waals surface area (Å²) in [6.07, 6.45) is 0.807. The minimum absolute atomic E-state index is 0.0224. The van der Waals surface area contributed by atoms with Gasteiger partial charge in [0.2, 0.25) is 0 Å². The summed E-state index contributed by atoms with van der Waals surface area (Å²) in [4.78, 5) is 28.3. The molecule has 0 spiro atoms. The van der Waals surface area contributed by atoms with Gasteiger partial charge in [0, 0.05) is 43.3 Å². The van der Waals surface area contributed by atoms with Gasteiger partial charge in [0.15, 0.2) is 0 Å². The molecule has 2 aromatic carbocycles. The normalized spacial score (nSPS) is 14.2. The molecule has 0 radical (unpaired) electrons. The van der Waals surface area contributed by atoms with Gasteiger partial charge in [-0.25, -0.2) is 4.79 Å². The van der Waals surface area contributed by atoms with Crippen LogP contribution in [0.15, 0.2) is 54.6 Å². The fourth-order valence-corrected chi connectivity index (χ4v) is 3.08. The van der Waals surface area contributed by atoms with Gasteiger partial charge in [0.05, 0.1) is 0 Å². The Balaban J connectivity index is 1.43. The van der Waals surface area contributed by atoms with Crippen LogP contribution < -0.4 is 5.32 Å². The fourth-order valence-electron chi connectivity index (χ4n) is 2.96. The third-order valence-electron chi connectivity index (χ3n) is 4.48. The van der Waals surface area contributed by atoms with E-state index in [0.717, 1.165) is 6.42 Å². The third-order valence-corrected chi connectivity index (χ3v) is 4.73. The van der Waals surface area contributed by atoms with Gasteiger partial charge in [0.1, 0.15) is 0 Å². The monoisotopic (exact) mass is 371 g/mol. The lowest BCUT2D eigenvalue weighted by atomic mass is 10.1. The predicted octanol–water partition coefficient (Wildman–Crippen LogP) is 3.05. The molecule has 1 aliphatic heterocycles. The Bertz CT molecular complexity index is 741. The summed E-state index contributed by atoms with van der Waals surface area (Å²) < 4.78 is 0. The number of urea groups is 1. The van der Waals surface area contributed by atoms with Gasteiger partial charge < -0.3 is 15.1 Å². The van der Waals surface area contributed by atoms with Crippen molar-refractivity contribution in [2.24, 2.45) is 0 Å². The van der Waals surface area contributed by atoms with Crippen LogP contribution >= 0.6 is 11.6 Å². The van der Waals surface area contributed by atoms with Crippen LogP contribution in [0.2, 0.25) is 5.02 Å². The molecule has 6 heteroatoms. The zero-order valence-corrected chi connectivity index (χ0v) is 15.3. The van der Waals surface area contributed by atoms with E-state index < -0.39 is 0 Å². The molecule has 1 saturated heterocycles. The number of carbonyl (C=O) groups is 2. The lowest BCUT2D eigenvalue weighted by molar-refractivity contribution is 0.0665. The molecule has 0 unspecified atom stereocenters. The van der Waals surface area contributed by atoms with Gasteiger partial charge in [0.25, 0.3) is 5.91 Å². The molecule has 3 rings (SSSR count). The Labute approximate surface area is 158 Å². The topological polar surface area (TPSA) is 52.7 Å². The van der Waals surface area contributed by atoms with Crippen LogP contribution in [0.25, 0.3) is 0 Å². The summed E-state index contributed by atoms with van der Waals surface area (Å²) in [5.41, 5.74) is 1.82. The molecule has 1 fully saturated rings. The highest BCUT2D eigenvalue weighted by atomic mass is 35.5. The smallest absolute Gasteiger partial charge is 0.317 e. The summed E-state index contributed by atoms with van der Waals surface area (Å²) >= 11 is 5.86. The molecule has 1 heterocycles. The average molecular weight is 372 g/mol. The van der Waals surface area contributed by atoms with Crippen molar-refractivity contribution < 1.29 is 9.59 Å². The first kappa shape index (κ1) is 18.3. The zero-order valence-electron chi connectivity index (χ0n) is 14.5. The lowest BCUT2D eigenvalue weighted by Gasteiger charge is -2.34. The second-order valence-corrected chi connectivity index (χ2v) is 6.69. The molecule has 0 saturated carbocycles. The van der Waals surface area contributed by atoms with Gasteiger partial charge in [-0.05, 0) is 36.2 Å². The molecular weight excluding hydrogens is 350 g/mol. The maximum Gasteiger partial charge on any atom is 0.317 e. The second kappa shape index (κ2) is 8.72. The van der Waals surface area contributed by atoms with Crippen LogP contribution in [0.1, 0.15) is 15.9 Å². The minimum Gasteiger partial charge on any atom is -0.338 e. The molecule has 5 nitrogen and oxygen atoms in total. The molecule has 0 aromatic heterocycles. The maximum atomic E-state index is 12.5. The quantitative estimate of drug-likeness (QED) is 0.898. The molecule has 0 bridgehead atoms. The van der Waals surface area contributed by atoms with E-state index in [1.54, 1.807) is 34.1 Å². The molecular formula is C20H22ClN3O2. The lowest BCUT2D eigenvalue weighted by Crippen LogP contribution is -2.53. The van der Waals surface area contributed by atoms with Crippen LogP contribution in [0.4, 0.5) is 4.79 Å². The van der Waals surface area contributed by atoms with Crippen molar-refractivity contribution in [3.63, 3.8) is 0 Å². The second-order valence-electron chi connectivity index (χ2n) is 6.25. The molecule has 0 aliphatic carbocycles. The Morgan fingerprint density at radius 2 is 1.50 bits per heavy atom. The highest BCUT2D eigenvalue weighted by Crippen LogP contribution is 2.13. The number of nitrogens with one attached hydrogen (secondary N) is 1. The molecule has 136 valence electrons. The van der Waals surface area contributed by atoms with Crippen molar-refractivity contribution in [1.82, 2.24) is 15.1 Å². The Morgan fingerprint density at radius 3 is 2.15 bits per heavy atom. The number of hydrogen-bond donors (Lipinski definition) is 1. The van der Waals surface area contributed by atoms with Gasteiger partial charge in [-0.1, -0.05) is 41.9 Å². The van der Waals surface area contributed by atoms with Crippen LogP contribution in [-0.2, 0) is 6.42 Å². The van der Waals surface area contributed by atoms with Crippen LogP contribution in [-0.4, -0.2) is 54.5 Å². The number of amides is 3. The van der Waals surface area contributed by atoms with Crippen molar-refractivity contribution in [2.75, 3.05) is 32.7 Å². The number of halogens is 1. The first-order valence-corrected chi connectivity index (χ1v) is 9.13. The van der Waals surface area contributed by atoms with Crippen molar-refractivity contribution in [2.45, 2.75) is 6.42 Å². The molecule has 26 heavy (non-hydrogen) atoms. The maximum absolute atomic E-state index is 12.5. The summed E-state index contributed by atoms with van der Waals surface area (Å²) in [5, 5.41) is 3.56. The van der Waals surface area contributed by atoms with E-state index in [2.05, 4.69) is 5.32 Å². The van der Waals surface area contributed by atoms with Gasteiger partial charge in [-0.15, -0.1) is 0 Å². The van der Waals surface area contributed by atoms with E-state index in [1.165, 1.54) is 5.56 Å². The van der Waals surface area contributed by atoms with E-state index in [9.17, 15) is 9.59 Å². The standard InChI is InChI=1S/C20H22ClN3O2/c21-18-8-6-17(7-9-18)19(25)23-12-14-24(15-13-23)20(26)22-11-10-16-4-2-1-3-5-16/h1-9H,10-15H2,(H,22,26). The number of piperazine rings is 1. The highest BCUT2D eigenvalue weighted by Gasteiger charge is 2.24. The number of rotatable bonds is 4. The molecule has 2 aromatic rings. The van der Waals surface area contributed by atoms with Crippen LogP contribution in [0.3, 0.4) is 0 Å². The van der Waals surface area contributed by atoms with E-state index in [-0.39, 0.29) is 11.9 Å². The van der Waals surface area contributed by atoms with E-state index in [1.807, 2.05) is 30.3 Å². The fraction of sp³-hybridized carbons (Fsp3) is 0.300. The number of hydrogen-bond acceptors (Lipinski definition) is 2. The third kappa shape index (κ3) is 4.76. The van der Waals surface area contributed by atoms with Gasteiger partial charge in [-0.2, -0.15) is 0 Å². The number of carbonyl (C=O) groups excluding carboxylic acids is 2. The Morgan fingerprint density at radius 1 is 0.885 bits per heavy atom. The minimum atomic E-state index is -0.0699. The van der Waals surface area contributed by atoms with Crippen molar-refractivity contribution in [3.8, 4) is 0 Å². The number of benzene rings is 2. The van der Waals surface area contributed by atoms with Crippen LogP contribution in [0, 0.1) is 0 Å². The summed E-state index contributed by atoms with van der Waals surface area (Å²) in [6, 6.07) is 16.9. The molecule has 0 atom stereocenters. The van der Waals surface area contributed by atoms with Gasteiger partial charge in [-0.3, -0.25) is 4.79 Å². The average Bonchev–Trinajstić information content (AvgIpc) is 2.69. The SMILES string of the molecule is O=C(NCCc1ccccc1)N1CCN(C(=O)c2ccc(Cl)cc2)CC1. The van der Waals surface area contributed by atoms with E-state index >= 15 is 0 Å². The first-order chi connectivity index (χ1) is 12.6. The predicted molar refractivity (Wildman–Crippen MR) is 102 cm³/mol. The largest absolute Gasteiger partial charge is 0.338 e. The highest BCUT2D eigenvalue weighted by molar-refractivity contribution is 6.30. The van der Waals surface area contributed by atoms with Crippen molar-refractivity contribution >= 4 is 23.5 Å². The number of nitrogens with zero attached hydrogens (tertiary/aromatic N) is 2. The van der Waals surface area contributed by atoms with Crippen molar-refractivity contribution in [1.29, 1.82) is 0 Å². The van der Waals surface area contributed by atoms with E-state index in [0.29, 0.717) is 43.3 Å². The Hall–Kier alpha value is -2.53. The summed E-state index contributed by atoms with van der Waals surface area (Å²) in [7, 11) is 0. The summed E-state index contributed by atoms with van der Waals surface area (Å²) in [5.74, 6) is -0.0224. The van der Waals surface area contributed by atoms with E-state index in [4.69, 9.17) is 11.6 Å². The Kier molecular flexibility index (Phi) is 6.12. The van der Waals surface area contributed by atoms with Crippen LogP contribution in [0.5, 0.6) is 0 Å².